The van der Waals surface area contributed by atoms with Crippen molar-refractivity contribution in [2.45, 2.75) is 33.8 Å². The summed E-state index contributed by atoms with van der Waals surface area (Å²) >= 11 is 0. The maximum Gasteiger partial charge on any atom is 0.340 e. The lowest BCUT2D eigenvalue weighted by molar-refractivity contribution is -0.304. The fourth-order valence-corrected chi connectivity index (χ4v) is 2.93. The first-order chi connectivity index (χ1) is 12.3. The van der Waals surface area contributed by atoms with Gasteiger partial charge in [0.05, 0.1) is 0 Å². The third kappa shape index (κ3) is 3.61. The predicted octanol–water partition coefficient (Wildman–Crippen LogP) is 2.59. The quantitative estimate of drug-likeness (QED) is 0.660. The topological polar surface area (TPSA) is 79.6 Å². The standard InChI is InChI=1S/C21H20O5/c1-12-4-5-13(2)15(8-12)11-25-16-6-7-17-14(3)18(10-20(22)23)21(24)26-19(17)9-16/h4-9H,10-11H2,1-3H3,(H,22,23)/p-1. The average Bonchev–Trinajstić information content (AvgIpc) is 2.59. The Kier molecular flexibility index (Phi) is 4.80. The lowest BCUT2D eigenvalue weighted by atomic mass is 10.0. The summed E-state index contributed by atoms with van der Waals surface area (Å²) in [5.41, 5.74) is 3.80. The van der Waals surface area contributed by atoms with Crippen LogP contribution in [0, 0.1) is 20.8 Å². The molecule has 5 nitrogen and oxygen atoms in total. The minimum absolute atomic E-state index is 0.113. The van der Waals surface area contributed by atoms with Crippen LogP contribution in [0.3, 0.4) is 0 Å². The van der Waals surface area contributed by atoms with E-state index >= 15 is 0 Å². The van der Waals surface area contributed by atoms with Gasteiger partial charge in [0.25, 0.3) is 0 Å². The second-order valence-electron chi connectivity index (χ2n) is 6.42. The number of ether oxygens (including phenoxy) is 1. The zero-order valence-corrected chi connectivity index (χ0v) is 14.9. The molecule has 1 aromatic heterocycles. The van der Waals surface area contributed by atoms with Gasteiger partial charge in [-0.15, -0.1) is 0 Å². The predicted molar refractivity (Wildman–Crippen MR) is 96.2 cm³/mol. The van der Waals surface area contributed by atoms with Gasteiger partial charge in [-0.2, -0.15) is 0 Å². The third-order valence-electron chi connectivity index (χ3n) is 4.48. The van der Waals surface area contributed by atoms with Crippen molar-refractivity contribution in [3.8, 4) is 5.75 Å². The van der Waals surface area contributed by atoms with Crippen LogP contribution in [-0.2, 0) is 17.8 Å². The molecule has 0 spiro atoms. The highest BCUT2D eigenvalue weighted by Gasteiger charge is 2.12. The largest absolute Gasteiger partial charge is 0.550 e. The number of benzene rings is 2. The molecule has 0 saturated carbocycles. The number of fused-ring (bicyclic) bond motifs is 1. The molecular formula is C21H19O5-. The van der Waals surface area contributed by atoms with E-state index in [1.54, 1.807) is 25.1 Å². The Hall–Kier alpha value is -3.08. The SMILES string of the molecule is Cc1ccc(C)c(COc2ccc3c(C)c(CC(=O)[O-])c(=O)oc3c2)c1. The molecule has 0 aliphatic heterocycles. The number of hydrogen-bond donors (Lipinski definition) is 0. The summed E-state index contributed by atoms with van der Waals surface area (Å²) in [6, 6.07) is 11.4. The molecule has 1 heterocycles. The van der Waals surface area contributed by atoms with Crippen LogP contribution in [0.5, 0.6) is 5.75 Å². The number of carbonyl (C=O) groups excluding carboxylic acids is 1. The van der Waals surface area contributed by atoms with Crippen LogP contribution in [0.15, 0.2) is 45.6 Å². The molecule has 0 radical (unpaired) electrons. The van der Waals surface area contributed by atoms with E-state index in [0.717, 1.165) is 16.7 Å². The summed E-state index contributed by atoms with van der Waals surface area (Å²) in [7, 11) is 0. The molecule has 0 aliphatic rings. The van der Waals surface area contributed by atoms with Gasteiger partial charge in [-0.05, 0) is 49.6 Å². The summed E-state index contributed by atoms with van der Waals surface area (Å²) in [6.45, 7) is 6.17. The molecule has 0 saturated heterocycles. The fourth-order valence-electron chi connectivity index (χ4n) is 2.93. The van der Waals surface area contributed by atoms with Crippen LogP contribution < -0.4 is 15.5 Å². The molecular weight excluding hydrogens is 332 g/mol. The van der Waals surface area contributed by atoms with Crippen LogP contribution in [0.1, 0.15) is 27.8 Å². The Morgan fingerprint density at radius 1 is 1.12 bits per heavy atom. The van der Waals surface area contributed by atoms with Crippen LogP contribution in [0.25, 0.3) is 11.0 Å². The van der Waals surface area contributed by atoms with E-state index in [1.165, 1.54) is 0 Å². The summed E-state index contributed by atoms with van der Waals surface area (Å²) in [5.74, 6) is -0.734. The van der Waals surface area contributed by atoms with Crippen LogP contribution in [-0.4, -0.2) is 5.97 Å². The van der Waals surface area contributed by atoms with Gasteiger partial charge in [0.15, 0.2) is 0 Å². The maximum absolute atomic E-state index is 12.1. The van der Waals surface area contributed by atoms with Crippen molar-refractivity contribution in [1.29, 1.82) is 0 Å². The molecule has 0 unspecified atom stereocenters. The molecule has 3 rings (SSSR count). The van der Waals surface area contributed by atoms with Crippen LogP contribution in [0.4, 0.5) is 0 Å². The van der Waals surface area contributed by atoms with E-state index in [1.807, 2.05) is 13.8 Å². The van der Waals surface area contributed by atoms with Crippen LogP contribution >= 0.6 is 0 Å². The lowest BCUT2D eigenvalue weighted by Gasteiger charge is -2.12. The molecule has 0 N–H and O–H groups in total. The summed E-state index contributed by atoms with van der Waals surface area (Å²) in [6.07, 6.45) is -0.463. The van der Waals surface area contributed by atoms with Gasteiger partial charge in [0.2, 0.25) is 0 Å². The lowest BCUT2D eigenvalue weighted by Crippen LogP contribution is -2.27. The van der Waals surface area contributed by atoms with Crippen LogP contribution in [0.2, 0.25) is 0 Å². The molecule has 3 aromatic rings. The number of carboxylic acid groups (broad SMARTS) is 1. The summed E-state index contributed by atoms with van der Waals surface area (Å²) < 4.78 is 11.1. The Balaban J connectivity index is 1.91. The molecule has 26 heavy (non-hydrogen) atoms. The van der Waals surface area contributed by atoms with E-state index in [4.69, 9.17) is 9.15 Å². The molecule has 134 valence electrons. The van der Waals surface area contributed by atoms with Crippen molar-refractivity contribution in [2.24, 2.45) is 0 Å². The summed E-state index contributed by atoms with van der Waals surface area (Å²) in [5, 5.41) is 11.5. The highest BCUT2D eigenvalue weighted by atomic mass is 16.5. The Morgan fingerprint density at radius 3 is 2.62 bits per heavy atom. The number of carbonyl (C=O) groups is 1. The maximum atomic E-state index is 12.1. The Bertz CT molecular complexity index is 1050. The van der Waals surface area contributed by atoms with Crippen molar-refractivity contribution in [2.75, 3.05) is 0 Å². The Morgan fingerprint density at radius 2 is 1.88 bits per heavy atom. The Labute approximate surface area is 150 Å². The van der Waals surface area contributed by atoms with E-state index in [0.29, 0.717) is 28.9 Å². The minimum atomic E-state index is -1.31. The van der Waals surface area contributed by atoms with E-state index < -0.39 is 18.0 Å². The van der Waals surface area contributed by atoms with Crippen molar-refractivity contribution in [1.82, 2.24) is 0 Å². The molecule has 0 bridgehead atoms. The van der Waals surface area contributed by atoms with E-state index in [2.05, 4.69) is 18.2 Å². The van der Waals surface area contributed by atoms with E-state index in [9.17, 15) is 14.7 Å². The molecule has 2 aromatic carbocycles. The number of aliphatic carboxylic acids is 1. The normalized spacial score (nSPS) is 10.9. The van der Waals surface area contributed by atoms with Crippen molar-refractivity contribution in [3.05, 3.63) is 74.6 Å². The van der Waals surface area contributed by atoms with E-state index in [-0.39, 0.29) is 5.56 Å². The van der Waals surface area contributed by atoms with Gasteiger partial charge >= 0.3 is 5.63 Å². The fraction of sp³-hybridized carbons (Fsp3) is 0.238. The highest BCUT2D eigenvalue weighted by molar-refractivity contribution is 5.83. The zero-order chi connectivity index (χ0) is 18.8. The van der Waals surface area contributed by atoms with Gasteiger partial charge < -0.3 is 19.1 Å². The first kappa shape index (κ1) is 17.7. The smallest absolute Gasteiger partial charge is 0.340 e. The molecule has 5 heteroatoms. The molecule has 0 atom stereocenters. The number of aryl methyl sites for hydroxylation is 3. The summed E-state index contributed by atoms with van der Waals surface area (Å²) in [4.78, 5) is 22.9. The van der Waals surface area contributed by atoms with Gasteiger partial charge in [-0.1, -0.05) is 23.8 Å². The van der Waals surface area contributed by atoms with Crippen molar-refractivity contribution < 1.29 is 19.1 Å². The number of carboxylic acids is 1. The second-order valence-corrected chi connectivity index (χ2v) is 6.42. The number of hydrogen-bond acceptors (Lipinski definition) is 5. The van der Waals surface area contributed by atoms with Gasteiger partial charge in [-0.25, -0.2) is 4.79 Å². The molecule has 0 amide bonds. The molecule has 0 fully saturated rings. The van der Waals surface area contributed by atoms with Crippen molar-refractivity contribution >= 4 is 16.9 Å². The van der Waals surface area contributed by atoms with Crippen molar-refractivity contribution in [3.63, 3.8) is 0 Å². The third-order valence-corrected chi connectivity index (χ3v) is 4.48. The number of rotatable bonds is 5. The second kappa shape index (κ2) is 7.04. The molecule has 0 aliphatic carbocycles. The van der Waals surface area contributed by atoms with Gasteiger partial charge in [0, 0.05) is 29.4 Å². The first-order valence-corrected chi connectivity index (χ1v) is 8.30. The monoisotopic (exact) mass is 351 g/mol. The first-order valence-electron chi connectivity index (χ1n) is 8.30. The highest BCUT2D eigenvalue weighted by Crippen LogP contribution is 2.25. The minimum Gasteiger partial charge on any atom is -0.550 e. The zero-order valence-electron chi connectivity index (χ0n) is 14.9. The van der Waals surface area contributed by atoms with Gasteiger partial charge in [-0.3, -0.25) is 0 Å². The van der Waals surface area contributed by atoms with Gasteiger partial charge in [0.1, 0.15) is 17.9 Å². The average molecular weight is 351 g/mol.